The number of carboxylic acids is 1. The standard InChI is InChI=1S/C18H17FN2O3/c19-14-5-1-4-13(8-14)15-10-21(11-16(15)18(23)24)17(22)7-12-3-2-6-20-9-12/h1-6,8-9,15-16H,7,10-11H2,(H,23,24). The first kappa shape index (κ1) is 16.1. The Morgan fingerprint density at radius 1 is 1.25 bits per heavy atom. The van der Waals surface area contributed by atoms with E-state index < -0.39 is 23.6 Å². The lowest BCUT2D eigenvalue weighted by Gasteiger charge is -2.16. The van der Waals surface area contributed by atoms with Gasteiger partial charge in [-0.1, -0.05) is 18.2 Å². The van der Waals surface area contributed by atoms with Gasteiger partial charge in [-0.05, 0) is 29.3 Å². The predicted molar refractivity (Wildman–Crippen MR) is 84.8 cm³/mol. The van der Waals surface area contributed by atoms with Crippen LogP contribution in [0.2, 0.25) is 0 Å². The Morgan fingerprint density at radius 3 is 2.75 bits per heavy atom. The monoisotopic (exact) mass is 328 g/mol. The van der Waals surface area contributed by atoms with Gasteiger partial charge < -0.3 is 10.0 Å². The summed E-state index contributed by atoms with van der Waals surface area (Å²) in [5.41, 5.74) is 1.39. The highest BCUT2D eigenvalue weighted by Crippen LogP contribution is 2.33. The molecule has 1 aliphatic rings. The van der Waals surface area contributed by atoms with Crippen LogP contribution in [0.25, 0.3) is 0 Å². The fourth-order valence-corrected chi connectivity index (χ4v) is 3.12. The highest BCUT2D eigenvalue weighted by Gasteiger charge is 2.40. The first-order chi connectivity index (χ1) is 11.5. The molecule has 0 radical (unpaired) electrons. The van der Waals surface area contributed by atoms with Gasteiger partial charge in [0.1, 0.15) is 5.82 Å². The van der Waals surface area contributed by atoms with Crippen molar-refractivity contribution in [2.75, 3.05) is 13.1 Å². The number of rotatable bonds is 4. The van der Waals surface area contributed by atoms with Gasteiger partial charge in [-0.2, -0.15) is 0 Å². The number of likely N-dealkylation sites (tertiary alicyclic amines) is 1. The molecule has 0 aliphatic carbocycles. The Morgan fingerprint density at radius 2 is 2.08 bits per heavy atom. The first-order valence-electron chi connectivity index (χ1n) is 7.69. The lowest BCUT2D eigenvalue weighted by atomic mass is 9.89. The highest BCUT2D eigenvalue weighted by molar-refractivity contribution is 5.81. The number of amides is 1. The topological polar surface area (TPSA) is 70.5 Å². The summed E-state index contributed by atoms with van der Waals surface area (Å²) >= 11 is 0. The number of benzene rings is 1. The number of carbonyl (C=O) groups is 2. The maximum atomic E-state index is 13.5. The largest absolute Gasteiger partial charge is 0.481 e. The molecule has 1 aliphatic heterocycles. The van der Waals surface area contributed by atoms with E-state index in [1.54, 1.807) is 41.6 Å². The molecular weight excluding hydrogens is 311 g/mol. The summed E-state index contributed by atoms with van der Waals surface area (Å²) in [4.78, 5) is 29.5. The van der Waals surface area contributed by atoms with Crippen molar-refractivity contribution in [2.45, 2.75) is 12.3 Å². The Balaban J connectivity index is 1.77. The molecule has 24 heavy (non-hydrogen) atoms. The number of nitrogens with zero attached hydrogens (tertiary/aromatic N) is 2. The number of pyridine rings is 1. The number of hydrogen-bond donors (Lipinski definition) is 1. The minimum absolute atomic E-state index is 0.135. The Hall–Kier alpha value is -2.76. The van der Waals surface area contributed by atoms with Gasteiger partial charge in [-0.15, -0.1) is 0 Å². The van der Waals surface area contributed by atoms with Crippen LogP contribution in [0.5, 0.6) is 0 Å². The van der Waals surface area contributed by atoms with Gasteiger partial charge in [0.05, 0.1) is 12.3 Å². The normalized spacial score (nSPS) is 20.1. The molecule has 2 unspecified atom stereocenters. The van der Waals surface area contributed by atoms with Crippen molar-refractivity contribution in [3.63, 3.8) is 0 Å². The molecule has 1 saturated heterocycles. The summed E-state index contributed by atoms with van der Waals surface area (Å²) < 4.78 is 13.5. The molecule has 2 heterocycles. The van der Waals surface area contributed by atoms with Crippen molar-refractivity contribution >= 4 is 11.9 Å². The lowest BCUT2D eigenvalue weighted by Crippen LogP contribution is -2.31. The van der Waals surface area contributed by atoms with Crippen molar-refractivity contribution in [1.82, 2.24) is 9.88 Å². The zero-order chi connectivity index (χ0) is 17.1. The van der Waals surface area contributed by atoms with Crippen molar-refractivity contribution in [1.29, 1.82) is 0 Å². The molecule has 124 valence electrons. The molecule has 1 N–H and O–H groups in total. The third kappa shape index (κ3) is 3.42. The maximum Gasteiger partial charge on any atom is 0.308 e. The lowest BCUT2D eigenvalue weighted by molar-refractivity contribution is -0.141. The van der Waals surface area contributed by atoms with Gasteiger partial charge in [-0.3, -0.25) is 14.6 Å². The molecule has 3 rings (SSSR count). The second-order valence-electron chi connectivity index (χ2n) is 5.94. The van der Waals surface area contributed by atoms with Crippen molar-refractivity contribution < 1.29 is 19.1 Å². The molecule has 0 spiro atoms. The van der Waals surface area contributed by atoms with E-state index in [0.717, 1.165) is 5.56 Å². The van der Waals surface area contributed by atoms with Gasteiger partial charge in [0.15, 0.2) is 0 Å². The third-order valence-electron chi connectivity index (χ3n) is 4.34. The quantitative estimate of drug-likeness (QED) is 0.933. The van der Waals surface area contributed by atoms with Crippen LogP contribution in [-0.4, -0.2) is 40.0 Å². The third-order valence-corrected chi connectivity index (χ3v) is 4.34. The van der Waals surface area contributed by atoms with Crippen LogP contribution in [-0.2, 0) is 16.0 Å². The molecule has 1 fully saturated rings. The van der Waals surface area contributed by atoms with Gasteiger partial charge in [0, 0.05) is 31.4 Å². The molecule has 1 amide bonds. The van der Waals surface area contributed by atoms with E-state index in [-0.39, 0.29) is 25.4 Å². The minimum atomic E-state index is -0.971. The Labute approximate surface area is 138 Å². The van der Waals surface area contributed by atoms with Crippen LogP contribution in [0.15, 0.2) is 48.8 Å². The molecule has 0 bridgehead atoms. The average Bonchev–Trinajstić information content (AvgIpc) is 3.01. The molecule has 1 aromatic heterocycles. The van der Waals surface area contributed by atoms with E-state index in [9.17, 15) is 19.1 Å². The number of aromatic nitrogens is 1. The zero-order valence-electron chi connectivity index (χ0n) is 12.9. The van der Waals surface area contributed by atoms with Gasteiger partial charge in [-0.25, -0.2) is 4.39 Å². The van der Waals surface area contributed by atoms with Crippen LogP contribution >= 0.6 is 0 Å². The van der Waals surface area contributed by atoms with Crippen molar-refractivity contribution in [3.05, 3.63) is 65.7 Å². The van der Waals surface area contributed by atoms with E-state index in [1.807, 2.05) is 0 Å². The van der Waals surface area contributed by atoms with Crippen LogP contribution in [0, 0.1) is 11.7 Å². The summed E-state index contributed by atoms with van der Waals surface area (Å²) in [6.45, 7) is 0.412. The second kappa shape index (κ2) is 6.78. The minimum Gasteiger partial charge on any atom is -0.481 e. The van der Waals surface area contributed by atoms with E-state index in [2.05, 4.69) is 4.98 Å². The van der Waals surface area contributed by atoms with E-state index in [4.69, 9.17) is 0 Å². The van der Waals surface area contributed by atoms with Crippen molar-refractivity contribution in [3.8, 4) is 0 Å². The summed E-state index contributed by atoms with van der Waals surface area (Å²) in [5, 5.41) is 9.46. The summed E-state index contributed by atoms with van der Waals surface area (Å²) in [5.74, 6) is -2.66. The Bertz CT molecular complexity index is 751. The van der Waals surface area contributed by atoms with Gasteiger partial charge >= 0.3 is 5.97 Å². The fraction of sp³-hybridized carbons (Fsp3) is 0.278. The van der Waals surface area contributed by atoms with Crippen LogP contribution in [0.1, 0.15) is 17.0 Å². The van der Waals surface area contributed by atoms with Crippen LogP contribution < -0.4 is 0 Å². The zero-order valence-corrected chi connectivity index (χ0v) is 12.9. The van der Waals surface area contributed by atoms with E-state index in [1.165, 1.54) is 12.1 Å². The molecule has 2 atom stereocenters. The first-order valence-corrected chi connectivity index (χ1v) is 7.69. The number of aliphatic carboxylic acids is 1. The number of hydrogen-bond acceptors (Lipinski definition) is 3. The molecular formula is C18H17FN2O3. The molecule has 5 nitrogen and oxygen atoms in total. The van der Waals surface area contributed by atoms with Crippen LogP contribution in [0.3, 0.4) is 0 Å². The van der Waals surface area contributed by atoms with Gasteiger partial charge in [0.2, 0.25) is 5.91 Å². The molecule has 6 heteroatoms. The van der Waals surface area contributed by atoms with E-state index in [0.29, 0.717) is 5.56 Å². The number of halogens is 1. The second-order valence-corrected chi connectivity index (χ2v) is 5.94. The summed E-state index contributed by atoms with van der Waals surface area (Å²) in [6, 6.07) is 9.49. The number of carbonyl (C=O) groups excluding carboxylic acids is 1. The van der Waals surface area contributed by atoms with Crippen molar-refractivity contribution in [2.24, 2.45) is 5.92 Å². The highest BCUT2D eigenvalue weighted by atomic mass is 19.1. The molecule has 2 aromatic rings. The predicted octanol–water partition coefficient (Wildman–Crippen LogP) is 2.09. The maximum absolute atomic E-state index is 13.5. The fourth-order valence-electron chi connectivity index (χ4n) is 3.12. The average molecular weight is 328 g/mol. The van der Waals surface area contributed by atoms with E-state index >= 15 is 0 Å². The molecule has 1 aromatic carbocycles. The smallest absolute Gasteiger partial charge is 0.308 e. The Kier molecular flexibility index (Phi) is 4.55. The summed E-state index contributed by atoms with van der Waals surface area (Å²) in [6.07, 6.45) is 3.42. The summed E-state index contributed by atoms with van der Waals surface area (Å²) in [7, 11) is 0. The number of carboxylic acid groups (broad SMARTS) is 1. The SMILES string of the molecule is O=C(O)C1CN(C(=O)Cc2cccnc2)CC1c1cccc(F)c1. The van der Waals surface area contributed by atoms with Gasteiger partial charge in [0.25, 0.3) is 0 Å². The van der Waals surface area contributed by atoms with Crippen LogP contribution in [0.4, 0.5) is 4.39 Å². The molecule has 0 saturated carbocycles.